The minimum absolute atomic E-state index is 0.00877. The van der Waals surface area contributed by atoms with Gasteiger partial charge < -0.3 is 4.42 Å². The first-order chi connectivity index (χ1) is 17.7. The first kappa shape index (κ1) is 26.5. The van der Waals surface area contributed by atoms with Gasteiger partial charge in [-0.3, -0.25) is 4.90 Å². The van der Waals surface area contributed by atoms with Gasteiger partial charge in [0.25, 0.3) is 0 Å². The molecule has 1 atom stereocenters. The van der Waals surface area contributed by atoms with Crippen LogP contribution in [0.3, 0.4) is 0 Å². The van der Waals surface area contributed by atoms with Crippen molar-refractivity contribution in [3.63, 3.8) is 0 Å². The van der Waals surface area contributed by atoms with Crippen molar-refractivity contribution in [2.45, 2.75) is 94.5 Å². The first-order valence-corrected chi connectivity index (χ1v) is 15.5. The molecule has 2 aliphatic heterocycles. The second-order valence-electron chi connectivity index (χ2n) is 12.2. The Morgan fingerprint density at radius 1 is 0.973 bits per heavy atom. The number of rotatable bonds is 7. The molecule has 5 nitrogen and oxygen atoms in total. The molecule has 5 rings (SSSR count). The molecule has 1 saturated carbocycles. The van der Waals surface area contributed by atoms with Gasteiger partial charge in [0.1, 0.15) is 5.76 Å². The quantitative estimate of drug-likeness (QED) is 0.358. The molecule has 200 valence electrons. The van der Waals surface area contributed by atoms with Gasteiger partial charge in [0.05, 0.1) is 11.2 Å². The molecule has 1 N–H and O–H groups in total. The second-order valence-corrected chi connectivity index (χ2v) is 13.9. The fourth-order valence-corrected chi connectivity index (χ4v) is 7.44. The molecular formula is C31H42N2O3S. The number of hydrogen-bond donors (Lipinski definition) is 1. The van der Waals surface area contributed by atoms with Crippen molar-refractivity contribution in [1.82, 2.24) is 9.62 Å². The maximum Gasteiger partial charge on any atom is 0.240 e. The summed E-state index contributed by atoms with van der Waals surface area (Å²) in [5, 5.41) is 0. The smallest absolute Gasteiger partial charge is 0.240 e. The highest BCUT2D eigenvalue weighted by molar-refractivity contribution is 7.89. The highest BCUT2D eigenvalue weighted by Gasteiger charge is 2.29. The van der Waals surface area contributed by atoms with Crippen molar-refractivity contribution in [1.29, 1.82) is 0 Å². The van der Waals surface area contributed by atoms with E-state index in [0.717, 1.165) is 50.1 Å². The zero-order valence-electron chi connectivity index (χ0n) is 22.6. The highest BCUT2D eigenvalue weighted by atomic mass is 32.2. The minimum atomic E-state index is -3.49. The van der Waals surface area contributed by atoms with Crippen molar-refractivity contribution in [3.05, 3.63) is 65.9 Å². The lowest BCUT2D eigenvalue weighted by Gasteiger charge is -2.37. The molecule has 0 spiro atoms. The van der Waals surface area contributed by atoms with E-state index in [-0.39, 0.29) is 11.5 Å². The Morgan fingerprint density at radius 3 is 2.46 bits per heavy atom. The van der Waals surface area contributed by atoms with Crippen LogP contribution in [-0.2, 0) is 15.4 Å². The predicted molar refractivity (Wildman–Crippen MR) is 149 cm³/mol. The Balaban J connectivity index is 1.12. The van der Waals surface area contributed by atoms with E-state index < -0.39 is 10.0 Å². The number of sulfonamides is 1. The molecule has 0 bridgehead atoms. The zero-order chi connectivity index (χ0) is 26.0. The second kappa shape index (κ2) is 10.9. The molecule has 1 aromatic carbocycles. The Hall–Kier alpha value is -2.15. The normalized spacial score (nSPS) is 23.9. The summed E-state index contributed by atoms with van der Waals surface area (Å²) >= 11 is 0. The summed E-state index contributed by atoms with van der Waals surface area (Å²) in [6.45, 7) is 8.66. The first-order valence-electron chi connectivity index (χ1n) is 14.0. The third-order valence-electron chi connectivity index (χ3n) is 8.47. The molecule has 6 heteroatoms. The Morgan fingerprint density at radius 2 is 1.73 bits per heavy atom. The lowest BCUT2D eigenvalue weighted by molar-refractivity contribution is 0.131. The largest absolute Gasteiger partial charge is 0.464 e. The molecule has 0 amide bonds. The highest BCUT2D eigenvalue weighted by Crippen LogP contribution is 2.36. The standard InChI is InChI=1S/C31H42N2O3S/c1-31(2,3)26-12-16-28(17-13-26)37(34,35)32-27-14-10-23(11-15-27)18-20-33-19-5-4-8-29(33)25-21-24-7-6-9-30(24)36-22-25/h6-7,9,12-13,16-17,21-23,27,29,32H,4-5,8,10-11,14-15,18-20H2,1-3H3. The van der Waals surface area contributed by atoms with E-state index in [2.05, 4.69) is 48.6 Å². The van der Waals surface area contributed by atoms with E-state index in [9.17, 15) is 8.42 Å². The molecule has 2 aliphatic carbocycles. The fraction of sp³-hybridized carbons (Fsp3) is 0.548. The molecule has 1 saturated heterocycles. The van der Waals surface area contributed by atoms with Crippen LogP contribution in [0.4, 0.5) is 0 Å². The van der Waals surface area contributed by atoms with Crippen LogP contribution in [0.25, 0.3) is 11.3 Å². The molecular weight excluding hydrogens is 480 g/mol. The zero-order valence-corrected chi connectivity index (χ0v) is 23.4. The third kappa shape index (κ3) is 6.30. The number of benzene rings is 1. The lowest BCUT2D eigenvalue weighted by Crippen LogP contribution is -2.39. The van der Waals surface area contributed by atoms with E-state index >= 15 is 0 Å². The summed E-state index contributed by atoms with van der Waals surface area (Å²) in [7, 11) is -3.49. The Bertz CT molecular complexity index is 1230. The van der Waals surface area contributed by atoms with Crippen molar-refractivity contribution in [3.8, 4) is 11.3 Å². The van der Waals surface area contributed by atoms with Crippen molar-refractivity contribution in [2.75, 3.05) is 13.1 Å². The molecule has 1 aromatic rings. The van der Waals surface area contributed by atoms with E-state index in [0.29, 0.717) is 16.9 Å². The van der Waals surface area contributed by atoms with Crippen molar-refractivity contribution < 1.29 is 12.8 Å². The van der Waals surface area contributed by atoms with Crippen LogP contribution in [0.1, 0.15) is 89.3 Å². The van der Waals surface area contributed by atoms with Crippen LogP contribution < -0.4 is 4.72 Å². The van der Waals surface area contributed by atoms with Gasteiger partial charge in [0.2, 0.25) is 10.0 Å². The van der Waals surface area contributed by atoms with Gasteiger partial charge in [-0.1, -0.05) is 51.5 Å². The van der Waals surface area contributed by atoms with Gasteiger partial charge >= 0.3 is 0 Å². The maximum atomic E-state index is 13.0. The summed E-state index contributed by atoms with van der Waals surface area (Å²) in [6.07, 6.45) is 10.9. The average Bonchev–Trinajstić information content (AvgIpc) is 3.36. The van der Waals surface area contributed by atoms with Gasteiger partial charge in [0.15, 0.2) is 0 Å². The van der Waals surface area contributed by atoms with Crippen LogP contribution in [-0.4, -0.2) is 32.4 Å². The van der Waals surface area contributed by atoms with Crippen LogP contribution in [0.5, 0.6) is 0 Å². The van der Waals surface area contributed by atoms with E-state index in [1.807, 2.05) is 24.5 Å². The summed E-state index contributed by atoms with van der Waals surface area (Å²) in [5.41, 5.74) is 3.64. The lowest BCUT2D eigenvalue weighted by atomic mass is 9.84. The topological polar surface area (TPSA) is 62.6 Å². The molecule has 37 heavy (non-hydrogen) atoms. The Labute approximate surface area is 223 Å². The molecule has 0 radical (unpaired) electrons. The van der Waals surface area contributed by atoms with E-state index in [1.54, 1.807) is 12.1 Å². The Kier molecular flexibility index (Phi) is 7.80. The maximum absolute atomic E-state index is 13.0. The number of hydrogen-bond acceptors (Lipinski definition) is 4. The molecule has 0 aromatic heterocycles. The monoisotopic (exact) mass is 522 g/mol. The average molecular weight is 523 g/mol. The van der Waals surface area contributed by atoms with Crippen LogP contribution in [0.2, 0.25) is 0 Å². The van der Waals surface area contributed by atoms with Gasteiger partial charge in [-0.25, -0.2) is 13.1 Å². The summed E-state index contributed by atoms with van der Waals surface area (Å²) in [5.74, 6) is 1.62. The van der Waals surface area contributed by atoms with Crippen molar-refractivity contribution in [2.24, 2.45) is 5.92 Å². The van der Waals surface area contributed by atoms with Gasteiger partial charge in [-0.05, 0) is 99.2 Å². The van der Waals surface area contributed by atoms with Gasteiger partial charge in [-0.15, -0.1) is 0 Å². The van der Waals surface area contributed by atoms with Crippen molar-refractivity contribution >= 4 is 10.0 Å². The van der Waals surface area contributed by atoms with E-state index in [4.69, 9.17) is 4.42 Å². The molecule has 1 unspecified atom stereocenters. The van der Waals surface area contributed by atoms with Crippen LogP contribution in [0, 0.1) is 5.92 Å². The van der Waals surface area contributed by atoms with Gasteiger partial charge in [0, 0.05) is 23.2 Å². The molecule has 2 heterocycles. The SMILES string of the molecule is CC(C)(C)c1ccc(S(=O)(=O)NC2CCC(CCN3CCCCC3c3coc4cccc-4c3)CC2)cc1. The summed E-state index contributed by atoms with van der Waals surface area (Å²) < 4.78 is 34.9. The minimum Gasteiger partial charge on any atom is -0.464 e. The van der Waals surface area contributed by atoms with E-state index in [1.165, 1.54) is 36.8 Å². The van der Waals surface area contributed by atoms with Crippen LogP contribution in [0.15, 0.2) is 64.1 Å². The third-order valence-corrected chi connectivity index (χ3v) is 10.0. The summed E-state index contributed by atoms with van der Waals surface area (Å²) in [6, 6.07) is 16.3. The summed E-state index contributed by atoms with van der Waals surface area (Å²) in [4.78, 5) is 3.02. The van der Waals surface area contributed by atoms with Gasteiger partial charge in [-0.2, -0.15) is 0 Å². The molecule has 2 fully saturated rings. The number of nitrogens with one attached hydrogen (secondary N) is 1. The predicted octanol–water partition coefficient (Wildman–Crippen LogP) is 7.14. The number of fused-ring (bicyclic) bond motifs is 1. The fourth-order valence-electron chi connectivity index (χ4n) is 6.14. The molecule has 4 aliphatic rings. The van der Waals surface area contributed by atoms with Crippen LogP contribution >= 0.6 is 0 Å². The number of nitrogens with zero attached hydrogens (tertiary/aromatic N) is 1. The number of likely N-dealkylation sites (tertiary alicyclic amines) is 1. The number of piperidine rings is 1.